The monoisotopic (exact) mass is 408 g/mol. The predicted molar refractivity (Wildman–Crippen MR) is 118 cm³/mol. The highest BCUT2D eigenvalue weighted by Gasteiger charge is 2.37. The summed E-state index contributed by atoms with van der Waals surface area (Å²) in [5.41, 5.74) is 1.51. The van der Waals surface area contributed by atoms with Crippen molar-refractivity contribution in [1.29, 1.82) is 0 Å². The fourth-order valence-corrected chi connectivity index (χ4v) is 3.05. The Balaban J connectivity index is 2.03. The topological polar surface area (TPSA) is 61.8 Å². The van der Waals surface area contributed by atoms with Gasteiger partial charge in [-0.05, 0) is 36.6 Å². The third-order valence-corrected chi connectivity index (χ3v) is 4.76. The van der Waals surface area contributed by atoms with Crippen LogP contribution in [0.15, 0.2) is 84.2 Å². The number of ether oxygens (including phenoxy) is 3. The van der Waals surface area contributed by atoms with Gasteiger partial charge in [0.25, 0.3) is 0 Å². The zero-order valence-corrected chi connectivity index (χ0v) is 17.7. The van der Waals surface area contributed by atoms with Crippen LogP contribution in [0.4, 0.5) is 0 Å². The molecule has 1 aliphatic rings. The van der Waals surface area contributed by atoms with Gasteiger partial charge in [-0.3, -0.25) is 4.79 Å². The number of rotatable bonds is 10. The molecule has 30 heavy (non-hydrogen) atoms. The summed E-state index contributed by atoms with van der Waals surface area (Å²) in [6.45, 7) is 5.73. The average molecular weight is 408 g/mol. The normalized spacial score (nSPS) is 19.3. The molecule has 5 heteroatoms. The number of esters is 1. The minimum Gasteiger partial charge on any atom is -0.498 e. The molecule has 158 valence electrons. The van der Waals surface area contributed by atoms with Gasteiger partial charge in [-0.25, -0.2) is 4.79 Å². The first-order valence-corrected chi connectivity index (χ1v) is 9.68. The molecule has 1 atom stereocenters. The molecule has 2 rings (SSSR count). The van der Waals surface area contributed by atoms with Crippen LogP contribution in [0.1, 0.15) is 25.3 Å². The second kappa shape index (κ2) is 11.1. The number of ketones is 1. The van der Waals surface area contributed by atoms with Crippen molar-refractivity contribution in [2.24, 2.45) is 0 Å². The van der Waals surface area contributed by atoms with E-state index >= 15 is 0 Å². The van der Waals surface area contributed by atoms with Crippen LogP contribution in [-0.4, -0.2) is 38.2 Å². The average Bonchev–Trinajstić information content (AvgIpc) is 2.77. The summed E-state index contributed by atoms with van der Waals surface area (Å²) in [5, 5.41) is 0. The summed E-state index contributed by atoms with van der Waals surface area (Å²) >= 11 is 0. The highest BCUT2D eigenvalue weighted by atomic mass is 16.5. The van der Waals surface area contributed by atoms with Gasteiger partial charge >= 0.3 is 5.97 Å². The molecule has 0 N–H and O–H groups in total. The Bertz CT molecular complexity index is 889. The Morgan fingerprint density at radius 1 is 1.20 bits per heavy atom. The van der Waals surface area contributed by atoms with Gasteiger partial charge in [0.15, 0.2) is 5.78 Å². The van der Waals surface area contributed by atoms with Gasteiger partial charge < -0.3 is 14.2 Å². The van der Waals surface area contributed by atoms with E-state index in [-0.39, 0.29) is 12.4 Å². The maximum atomic E-state index is 12.2. The van der Waals surface area contributed by atoms with Crippen LogP contribution < -0.4 is 0 Å². The Morgan fingerprint density at radius 3 is 2.57 bits per heavy atom. The molecule has 0 spiro atoms. The molecule has 0 aromatic heterocycles. The summed E-state index contributed by atoms with van der Waals surface area (Å²) in [7, 11) is 3.08. The number of hydrogen-bond acceptors (Lipinski definition) is 5. The minimum absolute atomic E-state index is 0.112. The molecule has 0 saturated carbocycles. The van der Waals surface area contributed by atoms with E-state index in [1.54, 1.807) is 25.3 Å². The molecule has 0 amide bonds. The number of methoxy groups -OCH3 is 2. The van der Waals surface area contributed by atoms with E-state index in [0.717, 1.165) is 11.1 Å². The largest absolute Gasteiger partial charge is 0.498 e. The number of benzene rings is 1. The molecule has 1 aromatic rings. The maximum absolute atomic E-state index is 12.2. The number of carbonyl (C=O) groups is 2. The van der Waals surface area contributed by atoms with E-state index in [1.807, 2.05) is 43.3 Å². The van der Waals surface area contributed by atoms with E-state index < -0.39 is 11.6 Å². The standard InChI is InChI=1S/C25H28O5/c1-5-9-21-17-25(29-4,23(28-3)16-22(21)26)15-14-19(2)18-30-24(27)13-12-20-10-7-6-8-11-20/h5-8,10-14,16-17H,1,9,15,18H2,2-4H3/b13-12+,19-14-/t25-/m0/s1. The van der Waals surface area contributed by atoms with Gasteiger partial charge in [-0.15, -0.1) is 6.58 Å². The smallest absolute Gasteiger partial charge is 0.331 e. The van der Waals surface area contributed by atoms with Crippen LogP contribution in [-0.2, 0) is 23.8 Å². The predicted octanol–water partition coefficient (Wildman–Crippen LogP) is 4.58. The van der Waals surface area contributed by atoms with Crippen LogP contribution in [0.5, 0.6) is 0 Å². The molecule has 1 aliphatic carbocycles. The number of carbonyl (C=O) groups excluding carboxylic acids is 2. The SMILES string of the molecule is C=CCC1=C[C@](C/C=C(/C)COC(=O)/C=C/c2ccccc2)(OC)C(OC)=CC1=O. The van der Waals surface area contributed by atoms with Crippen molar-refractivity contribution in [3.05, 3.63) is 89.8 Å². The van der Waals surface area contributed by atoms with Crippen molar-refractivity contribution >= 4 is 17.8 Å². The first-order valence-electron chi connectivity index (χ1n) is 9.68. The molecular formula is C25H28O5. The van der Waals surface area contributed by atoms with Crippen molar-refractivity contribution < 1.29 is 23.8 Å². The Hall–Kier alpha value is -3.18. The minimum atomic E-state index is -0.889. The van der Waals surface area contributed by atoms with Crippen LogP contribution in [0.2, 0.25) is 0 Å². The van der Waals surface area contributed by atoms with Crippen molar-refractivity contribution in [3.63, 3.8) is 0 Å². The van der Waals surface area contributed by atoms with Crippen LogP contribution in [0.25, 0.3) is 6.08 Å². The van der Waals surface area contributed by atoms with Crippen LogP contribution >= 0.6 is 0 Å². The molecule has 0 bridgehead atoms. The van der Waals surface area contributed by atoms with E-state index in [1.165, 1.54) is 19.3 Å². The zero-order chi connectivity index (χ0) is 22.0. The van der Waals surface area contributed by atoms with Gasteiger partial charge in [-0.1, -0.05) is 42.5 Å². The molecule has 0 fully saturated rings. The lowest BCUT2D eigenvalue weighted by Gasteiger charge is -2.33. The lowest BCUT2D eigenvalue weighted by atomic mass is 9.85. The molecular weight excluding hydrogens is 380 g/mol. The summed E-state index contributed by atoms with van der Waals surface area (Å²) in [5.74, 6) is -0.0872. The number of hydrogen-bond donors (Lipinski definition) is 0. The first-order chi connectivity index (χ1) is 14.4. The fourth-order valence-electron chi connectivity index (χ4n) is 3.05. The van der Waals surface area contributed by atoms with Crippen LogP contribution in [0.3, 0.4) is 0 Å². The molecule has 0 radical (unpaired) electrons. The van der Waals surface area contributed by atoms with E-state index in [2.05, 4.69) is 6.58 Å². The molecule has 0 unspecified atom stereocenters. The highest BCUT2D eigenvalue weighted by Crippen LogP contribution is 2.34. The van der Waals surface area contributed by atoms with Gasteiger partial charge in [0.2, 0.25) is 0 Å². The fraction of sp³-hybridized carbons (Fsp3) is 0.280. The van der Waals surface area contributed by atoms with Gasteiger partial charge in [0.05, 0.1) is 7.11 Å². The van der Waals surface area contributed by atoms with Crippen LogP contribution in [0, 0.1) is 0 Å². The zero-order valence-electron chi connectivity index (χ0n) is 17.7. The van der Waals surface area contributed by atoms with Crippen molar-refractivity contribution in [3.8, 4) is 0 Å². The second-order valence-corrected chi connectivity index (χ2v) is 6.94. The van der Waals surface area contributed by atoms with Gasteiger partial charge in [0.1, 0.15) is 18.0 Å². The Labute approximate surface area is 178 Å². The van der Waals surface area contributed by atoms with E-state index in [0.29, 0.717) is 24.2 Å². The van der Waals surface area contributed by atoms with E-state index in [4.69, 9.17) is 14.2 Å². The molecule has 0 saturated heterocycles. The maximum Gasteiger partial charge on any atom is 0.331 e. The summed E-state index contributed by atoms with van der Waals surface area (Å²) in [6, 6.07) is 9.53. The second-order valence-electron chi connectivity index (χ2n) is 6.94. The molecule has 0 aliphatic heterocycles. The van der Waals surface area contributed by atoms with Crippen molar-refractivity contribution in [2.75, 3.05) is 20.8 Å². The van der Waals surface area contributed by atoms with Crippen molar-refractivity contribution in [1.82, 2.24) is 0 Å². The molecule has 5 nitrogen and oxygen atoms in total. The summed E-state index contributed by atoms with van der Waals surface area (Å²) < 4.78 is 16.5. The van der Waals surface area contributed by atoms with E-state index in [9.17, 15) is 9.59 Å². The van der Waals surface area contributed by atoms with Gasteiger partial charge in [-0.2, -0.15) is 0 Å². The third-order valence-electron chi connectivity index (χ3n) is 4.76. The first kappa shape index (κ1) is 23.1. The molecule has 1 aromatic carbocycles. The lowest BCUT2D eigenvalue weighted by molar-refractivity contribution is -0.136. The van der Waals surface area contributed by atoms with Crippen molar-refractivity contribution in [2.45, 2.75) is 25.4 Å². The Kier molecular flexibility index (Phi) is 8.56. The summed E-state index contributed by atoms with van der Waals surface area (Å²) in [4.78, 5) is 24.2. The summed E-state index contributed by atoms with van der Waals surface area (Å²) in [6.07, 6.45) is 10.8. The third kappa shape index (κ3) is 6.16. The van der Waals surface area contributed by atoms with Gasteiger partial charge in [0, 0.05) is 31.3 Å². The highest BCUT2D eigenvalue weighted by molar-refractivity contribution is 6.06. The number of allylic oxidation sites excluding steroid dienone is 3. The Morgan fingerprint density at radius 2 is 1.93 bits per heavy atom. The lowest BCUT2D eigenvalue weighted by Crippen LogP contribution is -2.36. The quantitative estimate of drug-likeness (QED) is 0.322. The molecule has 0 heterocycles.